The van der Waals surface area contributed by atoms with Crippen LogP contribution in [0.1, 0.15) is 59.8 Å². The molecule has 2 N–H and O–H groups in total. The van der Waals surface area contributed by atoms with Gasteiger partial charge in [-0.2, -0.15) is 5.26 Å². The molecule has 5 aromatic carbocycles. The third kappa shape index (κ3) is 9.39. The quantitative estimate of drug-likeness (QED) is 0.128. The van der Waals surface area contributed by atoms with Crippen LogP contribution in [0.5, 0.6) is 17.2 Å². The number of hydrogen-bond acceptors (Lipinski definition) is 7. The number of halogens is 2. The highest BCUT2D eigenvalue weighted by Gasteiger charge is 2.38. The number of nitrogens with one attached hydrogen (secondary N) is 1. The van der Waals surface area contributed by atoms with Gasteiger partial charge in [0.15, 0.2) is 17.6 Å². The molecule has 2 heterocycles. The Hall–Kier alpha value is -6.02. The van der Waals surface area contributed by atoms with E-state index in [2.05, 4.69) is 11.4 Å². The number of carbonyl (C=O) groups is 3. The van der Waals surface area contributed by atoms with Gasteiger partial charge in [-0.15, -0.1) is 0 Å². The number of hydrogen-bond donors (Lipinski definition) is 2. The van der Waals surface area contributed by atoms with E-state index >= 15 is 0 Å². The summed E-state index contributed by atoms with van der Waals surface area (Å²) in [6, 6.07) is 31.2. The lowest BCUT2D eigenvalue weighted by atomic mass is 9.91. The second kappa shape index (κ2) is 17.6. The van der Waals surface area contributed by atoms with E-state index < -0.39 is 30.1 Å². The molecule has 296 valence electrons. The van der Waals surface area contributed by atoms with Gasteiger partial charge in [0, 0.05) is 25.8 Å². The van der Waals surface area contributed by atoms with E-state index in [1.807, 2.05) is 92.7 Å². The van der Waals surface area contributed by atoms with E-state index in [0.717, 1.165) is 38.9 Å². The van der Waals surface area contributed by atoms with Gasteiger partial charge in [-0.1, -0.05) is 91.6 Å². The summed E-state index contributed by atoms with van der Waals surface area (Å²) in [5.41, 5.74) is 6.55. The summed E-state index contributed by atoms with van der Waals surface area (Å²) in [5, 5.41) is 23.0. The van der Waals surface area contributed by atoms with E-state index in [1.54, 1.807) is 29.2 Å². The number of ether oxygens (including phenoxy) is 3. The first-order valence-electron chi connectivity index (χ1n) is 19.0. The molecule has 2 aliphatic heterocycles. The molecule has 7 rings (SSSR count). The third-order valence-corrected chi connectivity index (χ3v) is 11.0. The number of fused-ring (bicyclic) bond motifs is 2. The van der Waals surface area contributed by atoms with Crippen molar-refractivity contribution in [2.75, 3.05) is 6.61 Å². The highest BCUT2D eigenvalue weighted by molar-refractivity contribution is 6.42. The SMILES string of the molecule is CC(C)CC(=O)N1Cc2cc3c(cc2C[C@H]1C(=O)N[C@@H](Cc1ccc(-c2ccc(C#N)cc2)cc1)C(=O)O)OCC(c1ccc(OCc2ccc(Cl)c(Cl)c2)cc1)O3. The zero-order chi connectivity index (χ0) is 40.9. The first-order chi connectivity index (χ1) is 27.9. The standard InChI is InChI=1S/C46H41Cl2N3O7/c1-27(2)17-44(52)51-24-35-22-42-41(57-26-43(58-42)33-12-14-36(15-13-33)56-25-30-7-16-37(47)38(48)18-30)21-34(35)20-40(51)45(53)50-39(46(54)55)19-28-3-8-31(9-4-28)32-10-5-29(23-49)6-11-32/h3-16,18,21-22,27,39-40,43H,17,19-20,24-26H2,1-2H3,(H,50,53)(H,54,55)/t39-,40-,43?/m0/s1. The lowest BCUT2D eigenvalue weighted by Crippen LogP contribution is -2.56. The molecule has 0 bridgehead atoms. The predicted octanol–water partition coefficient (Wildman–Crippen LogP) is 8.74. The van der Waals surface area contributed by atoms with E-state index in [-0.39, 0.29) is 44.2 Å². The van der Waals surface area contributed by atoms with E-state index in [0.29, 0.717) is 39.5 Å². The van der Waals surface area contributed by atoms with Gasteiger partial charge in [-0.3, -0.25) is 9.59 Å². The van der Waals surface area contributed by atoms with Gasteiger partial charge < -0.3 is 29.5 Å². The number of carboxylic acid groups (broad SMARTS) is 1. The van der Waals surface area contributed by atoms with Crippen LogP contribution in [-0.4, -0.2) is 46.5 Å². The van der Waals surface area contributed by atoms with Gasteiger partial charge in [0.25, 0.3) is 0 Å². The molecule has 10 nitrogen and oxygen atoms in total. The molecule has 0 spiro atoms. The maximum Gasteiger partial charge on any atom is 0.326 e. The zero-order valence-electron chi connectivity index (χ0n) is 31.9. The fourth-order valence-corrected chi connectivity index (χ4v) is 7.45. The van der Waals surface area contributed by atoms with Crippen LogP contribution in [0.3, 0.4) is 0 Å². The number of aliphatic carboxylic acids is 1. The molecular weight excluding hydrogens is 777 g/mol. The summed E-state index contributed by atoms with van der Waals surface area (Å²) in [4.78, 5) is 41.7. The maximum atomic E-state index is 14.0. The Bertz CT molecular complexity index is 2360. The Labute approximate surface area is 346 Å². The monoisotopic (exact) mass is 817 g/mol. The molecule has 12 heteroatoms. The minimum atomic E-state index is -1.22. The van der Waals surface area contributed by atoms with Gasteiger partial charge in [0.05, 0.1) is 21.7 Å². The van der Waals surface area contributed by atoms with Gasteiger partial charge in [0.2, 0.25) is 11.8 Å². The third-order valence-electron chi connectivity index (χ3n) is 10.3. The van der Waals surface area contributed by atoms with Crippen molar-refractivity contribution < 1.29 is 33.7 Å². The summed E-state index contributed by atoms with van der Waals surface area (Å²) in [5.74, 6) is -0.124. The van der Waals surface area contributed by atoms with Gasteiger partial charge in [0.1, 0.15) is 31.0 Å². The Morgan fingerprint density at radius 2 is 1.55 bits per heavy atom. The Kier molecular flexibility index (Phi) is 12.2. The first-order valence-corrected chi connectivity index (χ1v) is 19.7. The topological polar surface area (TPSA) is 138 Å². The molecule has 2 amide bonds. The molecule has 3 atom stereocenters. The van der Waals surface area contributed by atoms with Crippen LogP contribution < -0.4 is 19.5 Å². The van der Waals surface area contributed by atoms with Gasteiger partial charge >= 0.3 is 5.97 Å². The van der Waals surface area contributed by atoms with Crippen LogP contribution in [0.25, 0.3) is 11.1 Å². The number of carbonyl (C=O) groups excluding carboxylic acids is 2. The smallest absolute Gasteiger partial charge is 0.326 e. The molecule has 1 unspecified atom stereocenters. The van der Waals surface area contributed by atoms with Crippen molar-refractivity contribution in [1.29, 1.82) is 5.26 Å². The van der Waals surface area contributed by atoms with Crippen molar-refractivity contribution in [3.8, 4) is 34.4 Å². The Morgan fingerprint density at radius 1 is 0.879 bits per heavy atom. The lowest BCUT2D eigenvalue weighted by Gasteiger charge is -2.38. The average Bonchev–Trinajstić information content (AvgIpc) is 3.22. The van der Waals surface area contributed by atoms with Crippen molar-refractivity contribution in [2.24, 2.45) is 5.92 Å². The molecule has 0 radical (unpaired) electrons. The molecule has 0 fully saturated rings. The van der Waals surface area contributed by atoms with Crippen LogP contribution in [0.4, 0.5) is 0 Å². The normalized spacial score (nSPS) is 16.2. The average molecular weight is 819 g/mol. The van der Waals surface area contributed by atoms with Crippen LogP contribution in [0, 0.1) is 17.2 Å². The highest BCUT2D eigenvalue weighted by Crippen LogP contribution is 2.41. The molecule has 0 saturated carbocycles. The summed E-state index contributed by atoms with van der Waals surface area (Å²) >= 11 is 12.2. The number of nitriles is 1. The number of benzene rings is 5. The minimum Gasteiger partial charge on any atom is -0.489 e. The van der Waals surface area contributed by atoms with Gasteiger partial charge in [-0.05, 0) is 93.4 Å². The molecule has 5 aromatic rings. The largest absolute Gasteiger partial charge is 0.489 e. The molecule has 0 aromatic heterocycles. The summed E-state index contributed by atoms with van der Waals surface area (Å²) in [6.45, 7) is 4.61. The summed E-state index contributed by atoms with van der Waals surface area (Å²) in [7, 11) is 0. The van der Waals surface area contributed by atoms with Crippen molar-refractivity contribution in [2.45, 2.75) is 64.4 Å². The van der Waals surface area contributed by atoms with E-state index in [9.17, 15) is 19.5 Å². The van der Waals surface area contributed by atoms with Crippen LogP contribution in [0.15, 0.2) is 103 Å². The zero-order valence-corrected chi connectivity index (χ0v) is 33.4. The lowest BCUT2D eigenvalue weighted by molar-refractivity contribution is -0.145. The minimum absolute atomic E-state index is 0.0466. The number of rotatable bonds is 12. The summed E-state index contributed by atoms with van der Waals surface area (Å²) < 4.78 is 18.6. The Balaban J connectivity index is 1.03. The fourth-order valence-electron chi connectivity index (χ4n) is 7.13. The second-order valence-electron chi connectivity index (χ2n) is 14.9. The van der Waals surface area contributed by atoms with Crippen molar-refractivity contribution in [1.82, 2.24) is 10.2 Å². The molecule has 58 heavy (non-hydrogen) atoms. The van der Waals surface area contributed by atoms with Crippen LogP contribution >= 0.6 is 23.2 Å². The van der Waals surface area contributed by atoms with Crippen molar-refractivity contribution >= 4 is 41.0 Å². The Morgan fingerprint density at radius 3 is 2.21 bits per heavy atom. The maximum absolute atomic E-state index is 14.0. The van der Waals surface area contributed by atoms with Crippen molar-refractivity contribution in [3.63, 3.8) is 0 Å². The second-order valence-corrected chi connectivity index (χ2v) is 15.7. The summed E-state index contributed by atoms with van der Waals surface area (Å²) in [6.07, 6.45) is 0.0649. The van der Waals surface area contributed by atoms with E-state index in [1.165, 1.54) is 0 Å². The van der Waals surface area contributed by atoms with Crippen LogP contribution in [0.2, 0.25) is 10.0 Å². The van der Waals surface area contributed by atoms with Crippen molar-refractivity contribution in [3.05, 3.63) is 147 Å². The predicted molar refractivity (Wildman–Crippen MR) is 220 cm³/mol. The van der Waals surface area contributed by atoms with Crippen LogP contribution in [-0.2, 0) is 40.4 Å². The highest BCUT2D eigenvalue weighted by atomic mass is 35.5. The fraction of sp³-hybridized carbons (Fsp3) is 0.261. The number of carboxylic acids is 1. The number of nitrogens with zero attached hydrogens (tertiary/aromatic N) is 2. The molecule has 2 aliphatic rings. The van der Waals surface area contributed by atoms with Gasteiger partial charge in [-0.25, -0.2) is 4.79 Å². The molecular formula is C46H41Cl2N3O7. The number of amides is 2. The molecule has 0 aliphatic carbocycles. The molecule has 0 saturated heterocycles. The first kappa shape index (κ1) is 40.2. The van der Waals surface area contributed by atoms with E-state index in [4.69, 9.17) is 42.7 Å².